The van der Waals surface area contributed by atoms with E-state index in [1.807, 2.05) is 6.07 Å². The Hall–Kier alpha value is -3.44. The largest absolute Gasteiger partial charge is 0.507 e. The summed E-state index contributed by atoms with van der Waals surface area (Å²) in [5.74, 6) is -2.71. The molecule has 2 aromatic carbocycles. The number of phenols is 1. The number of nitrogens with one attached hydrogen (secondary N) is 1. The summed E-state index contributed by atoms with van der Waals surface area (Å²) in [4.78, 5) is 49.3. The van der Waals surface area contributed by atoms with E-state index in [1.165, 1.54) is 20.1 Å². The molecule has 3 rings (SSSR count). The van der Waals surface area contributed by atoms with Gasteiger partial charge in [0, 0.05) is 34.6 Å². The third-order valence-corrected chi connectivity index (χ3v) is 7.01. The molecule has 10 heteroatoms. The van der Waals surface area contributed by atoms with Gasteiger partial charge in [-0.1, -0.05) is 18.2 Å². The monoisotopic (exact) mass is 547 g/mol. The van der Waals surface area contributed by atoms with Gasteiger partial charge in [0.1, 0.15) is 23.9 Å². The van der Waals surface area contributed by atoms with Gasteiger partial charge in [-0.25, -0.2) is 0 Å². The third kappa shape index (κ3) is 8.03. The Morgan fingerprint density at radius 1 is 1.15 bits per heavy atom. The maximum Gasteiger partial charge on any atom is 0.250 e. The lowest BCUT2D eigenvalue weighted by molar-refractivity contribution is -0.131. The molecule has 0 heterocycles. The molecule has 10 nitrogen and oxygen atoms in total. The SMILES string of the molecule is COCC(=O)Nc1cccc(-c2ccc(O)c3c2CC(CC(CCO)C(CO)C(=O)CC(C)=O)CC3=O)c1.O.[HH].[HH]. The Labute approximate surface area is 230 Å². The average Bonchev–Trinajstić information content (AvgIpc) is 2.84. The van der Waals surface area contributed by atoms with Crippen molar-refractivity contribution in [3.8, 4) is 16.9 Å². The van der Waals surface area contributed by atoms with Gasteiger partial charge in [-0.05, 0) is 72.9 Å². The number of rotatable bonds is 13. The highest BCUT2D eigenvalue weighted by Crippen LogP contribution is 2.41. The maximum absolute atomic E-state index is 13.2. The highest BCUT2D eigenvalue weighted by Gasteiger charge is 2.35. The van der Waals surface area contributed by atoms with E-state index in [0.29, 0.717) is 24.1 Å². The van der Waals surface area contributed by atoms with Crippen LogP contribution in [0.15, 0.2) is 36.4 Å². The molecule has 0 saturated heterocycles. The van der Waals surface area contributed by atoms with E-state index in [0.717, 1.165) is 11.1 Å². The Kier molecular flexibility index (Phi) is 11.9. The van der Waals surface area contributed by atoms with Crippen LogP contribution in [0.1, 0.15) is 51.4 Å². The van der Waals surface area contributed by atoms with Crippen LogP contribution in [0.25, 0.3) is 11.1 Å². The van der Waals surface area contributed by atoms with Crippen LogP contribution in [0.3, 0.4) is 0 Å². The number of carbonyl (C=O) groups is 4. The normalized spacial score (nSPS) is 16.0. The number of ketones is 3. The van der Waals surface area contributed by atoms with E-state index in [-0.39, 0.29) is 81.3 Å². The first-order valence-electron chi connectivity index (χ1n) is 12.7. The van der Waals surface area contributed by atoms with Gasteiger partial charge >= 0.3 is 0 Å². The van der Waals surface area contributed by atoms with Crippen molar-refractivity contribution in [3.05, 3.63) is 47.5 Å². The number of methoxy groups -OCH3 is 1. The minimum atomic E-state index is -0.807. The van der Waals surface area contributed by atoms with E-state index in [4.69, 9.17) is 4.74 Å². The molecule has 216 valence electrons. The fourth-order valence-corrected chi connectivity index (χ4v) is 5.38. The highest BCUT2D eigenvalue weighted by atomic mass is 16.5. The van der Waals surface area contributed by atoms with Crippen LogP contribution >= 0.6 is 0 Å². The Morgan fingerprint density at radius 3 is 2.54 bits per heavy atom. The minimum absolute atomic E-state index is 0. The number of hydrogen-bond donors (Lipinski definition) is 4. The first-order valence-corrected chi connectivity index (χ1v) is 12.7. The molecule has 1 amide bonds. The first-order chi connectivity index (χ1) is 18.2. The zero-order chi connectivity index (χ0) is 27.8. The smallest absolute Gasteiger partial charge is 0.250 e. The molecule has 6 N–H and O–H groups in total. The molecule has 0 saturated carbocycles. The summed E-state index contributed by atoms with van der Waals surface area (Å²) in [7, 11) is 1.43. The molecule has 1 aliphatic rings. The van der Waals surface area contributed by atoms with E-state index in [9.17, 15) is 34.5 Å². The number of ether oxygens (including phenoxy) is 1. The number of carbonyl (C=O) groups excluding carboxylic acids is 4. The topological polar surface area (TPSA) is 182 Å². The van der Waals surface area contributed by atoms with Gasteiger partial charge in [0.2, 0.25) is 5.91 Å². The van der Waals surface area contributed by atoms with Crippen LogP contribution in [0.2, 0.25) is 0 Å². The van der Waals surface area contributed by atoms with Crippen molar-refractivity contribution >= 4 is 28.9 Å². The van der Waals surface area contributed by atoms with Gasteiger partial charge in [-0.2, -0.15) is 0 Å². The van der Waals surface area contributed by atoms with Crippen LogP contribution in [0.5, 0.6) is 5.75 Å². The first kappa shape index (κ1) is 31.8. The summed E-state index contributed by atoms with van der Waals surface area (Å²) in [5, 5.41) is 32.9. The minimum Gasteiger partial charge on any atom is -0.507 e. The van der Waals surface area contributed by atoms with Crippen molar-refractivity contribution in [3.63, 3.8) is 0 Å². The van der Waals surface area contributed by atoms with Crippen LogP contribution in [0.4, 0.5) is 5.69 Å². The number of anilines is 1. The number of hydrogen-bond acceptors (Lipinski definition) is 8. The predicted octanol–water partition coefficient (Wildman–Crippen LogP) is 2.60. The number of fused-ring (bicyclic) bond motifs is 1. The number of aliphatic hydroxyl groups excluding tert-OH is 2. The van der Waals surface area contributed by atoms with Gasteiger partial charge in [-0.3, -0.25) is 19.2 Å². The van der Waals surface area contributed by atoms with E-state index in [1.54, 1.807) is 24.3 Å². The second-order valence-corrected chi connectivity index (χ2v) is 9.89. The van der Waals surface area contributed by atoms with Crippen LogP contribution < -0.4 is 5.32 Å². The molecule has 3 unspecified atom stereocenters. The van der Waals surface area contributed by atoms with Crippen molar-refractivity contribution in [2.75, 3.05) is 32.2 Å². The second-order valence-electron chi connectivity index (χ2n) is 9.89. The molecule has 0 fully saturated rings. The molecule has 39 heavy (non-hydrogen) atoms. The lowest BCUT2D eigenvalue weighted by Gasteiger charge is -2.31. The molecular formula is C29H41NO9. The Morgan fingerprint density at radius 2 is 1.90 bits per heavy atom. The summed E-state index contributed by atoms with van der Waals surface area (Å²) in [6.07, 6.45) is 0.949. The standard InChI is InChI=1S/C29H35NO8.H2O.2H2/c1-17(33)10-26(35)24(15-32)20(8-9-31)11-18-12-23-22(6-7-25(34)29(23)27(36)13-18)19-4-3-5-21(14-19)30-28(37)16-38-2;;;/h3-7,14,18,20,24,31-32,34H,8-13,15-16H2,1-2H3,(H,30,37);1H2;2*1H. The zero-order valence-corrected chi connectivity index (χ0v) is 22.2. The fraction of sp³-hybridized carbons (Fsp3) is 0.448. The van der Waals surface area contributed by atoms with E-state index >= 15 is 0 Å². The van der Waals surface area contributed by atoms with Crippen molar-refractivity contribution in [1.29, 1.82) is 0 Å². The van der Waals surface area contributed by atoms with Crippen molar-refractivity contribution in [2.45, 2.75) is 39.0 Å². The number of amides is 1. The summed E-state index contributed by atoms with van der Waals surface area (Å²) in [6, 6.07) is 10.4. The molecule has 1 aliphatic carbocycles. The third-order valence-electron chi connectivity index (χ3n) is 7.01. The number of phenolic OH excluding ortho intramolecular Hbond substituents is 1. The van der Waals surface area contributed by atoms with Gasteiger partial charge in [0.05, 0.1) is 18.6 Å². The van der Waals surface area contributed by atoms with Crippen molar-refractivity contribution in [2.24, 2.45) is 17.8 Å². The molecule has 0 bridgehead atoms. The molecule has 0 radical (unpaired) electrons. The van der Waals surface area contributed by atoms with Crippen LogP contribution in [-0.4, -0.2) is 71.0 Å². The van der Waals surface area contributed by atoms with Gasteiger partial charge in [0.25, 0.3) is 0 Å². The van der Waals surface area contributed by atoms with Gasteiger partial charge < -0.3 is 30.8 Å². The summed E-state index contributed by atoms with van der Waals surface area (Å²) in [6.45, 7) is 0.588. The molecular weight excluding hydrogens is 506 g/mol. The number of benzene rings is 2. The molecule has 0 aromatic heterocycles. The maximum atomic E-state index is 13.2. The van der Waals surface area contributed by atoms with E-state index < -0.39 is 18.4 Å². The van der Waals surface area contributed by atoms with Gasteiger partial charge in [0.15, 0.2) is 5.78 Å². The predicted molar refractivity (Wildman–Crippen MR) is 149 cm³/mol. The molecule has 0 aliphatic heterocycles. The lowest BCUT2D eigenvalue weighted by Crippen LogP contribution is -2.32. The van der Waals surface area contributed by atoms with Gasteiger partial charge in [-0.15, -0.1) is 0 Å². The molecule has 2 aromatic rings. The summed E-state index contributed by atoms with van der Waals surface area (Å²) in [5.41, 5.74) is 2.98. The number of aromatic hydroxyl groups is 1. The Balaban J connectivity index is 0.00000533. The Bertz CT molecular complexity index is 1200. The summed E-state index contributed by atoms with van der Waals surface area (Å²) < 4.78 is 4.86. The molecule has 3 atom stereocenters. The zero-order valence-electron chi connectivity index (χ0n) is 22.2. The highest BCUT2D eigenvalue weighted by molar-refractivity contribution is 6.03. The van der Waals surface area contributed by atoms with Crippen molar-refractivity contribution in [1.82, 2.24) is 0 Å². The fourth-order valence-electron chi connectivity index (χ4n) is 5.38. The lowest BCUT2D eigenvalue weighted by atomic mass is 9.72. The quantitative estimate of drug-likeness (QED) is 0.276. The van der Waals surface area contributed by atoms with Crippen molar-refractivity contribution < 1.29 is 47.6 Å². The van der Waals surface area contributed by atoms with E-state index in [2.05, 4.69) is 5.32 Å². The number of aliphatic hydroxyl groups is 2. The summed E-state index contributed by atoms with van der Waals surface area (Å²) >= 11 is 0. The average molecular weight is 548 g/mol. The van der Waals surface area contributed by atoms with Crippen LogP contribution in [0, 0.1) is 17.8 Å². The number of Topliss-reactive ketones (excluding diaryl/α,β-unsaturated/α-hetero) is 3. The second kappa shape index (κ2) is 14.6. The molecule has 0 spiro atoms. The van der Waals surface area contributed by atoms with Crippen LogP contribution in [-0.2, 0) is 25.5 Å².